The predicted molar refractivity (Wildman–Crippen MR) is 107 cm³/mol. The first-order valence-electron chi connectivity index (χ1n) is 9.01. The molecule has 28 heavy (non-hydrogen) atoms. The van der Waals surface area contributed by atoms with Gasteiger partial charge in [-0.2, -0.15) is 0 Å². The van der Waals surface area contributed by atoms with Crippen LogP contribution in [0.1, 0.15) is 23.4 Å². The van der Waals surface area contributed by atoms with Crippen LogP contribution in [0.5, 0.6) is 0 Å². The molecule has 2 N–H and O–H groups in total. The van der Waals surface area contributed by atoms with Gasteiger partial charge in [0.15, 0.2) is 0 Å². The number of halogens is 1. The number of hydrogen-bond donors (Lipinski definition) is 2. The zero-order valence-electron chi connectivity index (χ0n) is 15.5. The third-order valence-electron chi connectivity index (χ3n) is 4.85. The molecule has 3 aromatic rings. The number of aromatic amines is 1. The summed E-state index contributed by atoms with van der Waals surface area (Å²) in [5.74, 6) is 1.14. The second kappa shape index (κ2) is 9.07. The van der Waals surface area contributed by atoms with Crippen molar-refractivity contribution in [1.29, 1.82) is 0 Å². The summed E-state index contributed by atoms with van der Waals surface area (Å²) in [6.07, 6.45) is 2.08. The van der Waals surface area contributed by atoms with Gasteiger partial charge in [0.2, 0.25) is 0 Å². The highest BCUT2D eigenvalue weighted by atomic mass is 32.1. The van der Waals surface area contributed by atoms with E-state index in [4.69, 9.17) is 9.90 Å². The number of H-pyrrole nitrogens is 1. The predicted octanol–water partition coefficient (Wildman–Crippen LogP) is 3.20. The first-order chi connectivity index (χ1) is 13.5. The third kappa shape index (κ3) is 4.82. The summed E-state index contributed by atoms with van der Waals surface area (Å²) in [6, 6.07) is 7.28. The van der Waals surface area contributed by atoms with E-state index in [1.54, 1.807) is 6.07 Å². The number of carbonyl (C=O) groups is 1. The fourth-order valence-electron chi connectivity index (χ4n) is 3.60. The Morgan fingerprint density at radius 3 is 2.96 bits per heavy atom. The van der Waals surface area contributed by atoms with Crippen molar-refractivity contribution in [3.8, 4) is 0 Å². The number of aryl methyl sites for hydroxylation is 1. The van der Waals surface area contributed by atoms with E-state index >= 15 is 0 Å². The van der Waals surface area contributed by atoms with Gasteiger partial charge in [-0.25, -0.2) is 9.37 Å². The Balaban J connectivity index is 0.000000706. The van der Waals surface area contributed by atoms with Gasteiger partial charge in [-0.1, -0.05) is 12.1 Å². The highest BCUT2D eigenvalue weighted by Gasteiger charge is 2.23. The van der Waals surface area contributed by atoms with Crippen molar-refractivity contribution in [2.75, 3.05) is 13.1 Å². The Bertz CT molecular complexity index is 1020. The SMILES string of the molecule is Cc1cc(CC2CCN(Cc3nc4ccsc4c(=O)[nH]3)C2)ccc1F.O=CO. The van der Waals surface area contributed by atoms with Crippen LogP contribution in [0.3, 0.4) is 0 Å². The maximum atomic E-state index is 13.4. The number of thiophene rings is 1. The van der Waals surface area contributed by atoms with Crippen molar-refractivity contribution in [3.63, 3.8) is 0 Å². The van der Waals surface area contributed by atoms with E-state index in [0.29, 0.717) is 22.7 Å². The van der Waals surface area contributed by atoms with Gasteiger partial charge in [-0.15, -0.1) is 11.3 Å². The van der Waals surface area contributed by atoms with Gasteiger partial charge in [0.1, 0.15) is 16.3 Å². The summed E-state index contributed by atoms with van der Waals surface area (Å²) in [5.41, 5.74) is 2.63. The molecule has 0 amide bonds. The van der Waals surface area contributed by atoms with Gasteiger partial charge < -0.3 is 10.1 Å². The number of rotatable bonds is 4. The molecule has 1 fully saturated rings. The summed E-state index contributed by atoms with van der Waals surface area (Å²) in [6.45, 7) is 4.19. The van der Waals surface area contributed by atoms with E-state index in [9.17, 15) is 9.18 Å². The van der Waals surface area contributed by atoms with Crippen molar-refractivity contribution < 1.29 is 14.3 Å². The van der Waals surface area contributed by atoms with E-state index < -0.39 is 0 Å². The Hall–Kier alpha value is -2.58. The van der Waals surface area contributed by atoms with Crippen molar-refractivity contribution >= 4 is 28.0 Å². The molecule has 1 aromatic carbocycles. The van der Waals surface area contributed by atoms with Crippen LogP contribution in [0.15, 0.2) is 34.4 Å². The number of nitrogens with one attached hydrogen (secondary N) is 1. The highest BCUT2D eigenvalue weighted by molar-refractivity contribution is 7.17. The Labute approximate surface area is 165 Å². The monoisotopic (exact) mass is 403 g/mol. The van der Waals surface area contributed by atoms with Crippen molar-refractivity contribution in [1.82, 2.24) is 14.9 Å². The van der Waals surface area contributed by atoms with Crippen LogP contribution in [0.2, 0.25) is 0 Å². The Morgan fingerprint density at radius 2 is 2.21 bits per heavy atom. The third-order valence-corrected chi connectivity index (χ3v) is 5.76. The van der Waals surface area contributed by atoms with E-state index in [2.05, 4.69) is 14.9 Å². The average Bonchev–Trinajstić information content (AvgIpc) is 3.29. The molecule has 0 radical (unpaired) electrons. The van der Waals surface area contributed by atoms with Crippen molar-refractivity contribution in [2.24, 2.45) is 5.92 Å². The van der Waals surface area contributed by atoms with Gasteiger partial charge in [0.25, 0.3) is 12.0 Å². The standard InChI is InChI=1S/C19H20FN3OS.CH2O2/c1-12-8-13(2-3-15(12)20)9-14-4-6-23(10-14)11-17-21-16-5-7-25-18(16)19(24)22-17;2-1-3/h2-3,5,7-8,14H,4,6,9-11H2,1H3,(H,21,22,24);1H,(H,2,3). The van der Waals surface area contributed by atoms with E-state index in [-0.39, 0.29) is 17.8 Å². The molecule has 8 heteroatoms. The molecule has 0 aliphatic carbocycles. The molecule has 1 saturated heterocycles. The lowest BCUT2D eigenvalue weighted by atomic mass is 9.97. The molecular weight excluding hydrogens is 381 g/mol. The van der Waals surface area contributed by atoms with E-state index in [1.165, 1.54) is 16.9 Å². The van der Waals surface area contributed by atoms with Crippen LogP contribution in [-0.2, 0) is 17.8 Å². The van der Waals surface area contributed by atoms with Crippen LogP contribution >= 0.6 is 11.3 Å². The van der Waals surface area contributed by atoms with Crippen LogP contribution in [0, 0.1) is 18.7 Å². The van der Waals surface area contributed by atoms with Crippen molar-refractivity contribution in [2.45, 2.75) is 26.3 Å². The molecule has 0 spiro atoms. The highest BCUT2D eigenvalue weighted by Crippen LogP contribution is 2.23. The summed E-state index contributed by atoms with van der Waals surface area (Å²) < 4.78 is 14.1. The molecule has 6 nitrogen and oxygen atoms in total. The molecule has 1 unspecified atom stereocenters. The molecule has 1 atom stereocenters. The number of likely N-dealkylation sites (tertiary alicyclic amines) is 1. The summed E-state index contributed by atoms with van der Waals surface area (Å²) in [4.78, 5) is 30.2. The smallest absolute Gasteiger partial charge is 0.290 e. The number of hydrogen-bond acceptors (Lipinski definition) is 5. The fourth-order valence-corrected chi connectivity index (χ4v) is 4.32. The van der Waals surface area contributed by atoms with Crippen LogP contribution < -0.4 is 5.56 Å². The molecule has 0 bridgehead atoms. The molecule has 4 rings (SSSR count). The number of benzene rings is 1. The normalized spacial score (nSPS) is 16.7. The van der Waals surface area contributed by atoms with Crippen LogP contribution in [0.4, 0.5) is 4.39 Å². The van der Waals surface area contributed by atoms with E-state index in [1.807, 2.05) is 30.5 Å². The zero-order chi connectivity index (χ0) is 20.1. The lowest BCUT2D eigenvalue weighted by Crippen LogP contribution is -2.24. The van der Waals surface area contributed by atoms with E-state index in [0.717, 1.165) is 37.3 Å². The maximum Gasteiger partial charge on any atom is 0.290 e. The topological polar surface area (TPSA) is 86.3 Å². The van der Waals surface area contributed by atoms with Gasteiger partial charge in [0, 0.05) is 6.54 Å². The van der Waals surface area contributed by atoms with Crippen molar-refractivity contribution in [3.05, 3.63) is 62.8 Å². The molecule has 0 saturated carbocycles. The summed E-state index contributed by atoms with van der Waals surface area (Å²) in [5, 5.41) is 8.78. The minimum absolute atomic E-state index is 0.0486. The quantitative estimate of drug-likeness (QED) is 0.654. The first-order valence-corrected chi connectivity index (χ1v) is 9.89. The van der Waals surface area contributed by atoms with Gasteiger partial charge in [0.05, 0.1) is 12.1 Å². The largest absolute Gasteiger partial charge is 0.483 e. The average molecular weight is 403 g/mol. The molecule has 2 aromatic heterocycles. The molecule has 1 aliphatic heterocycles. The van der Waals surface area contributed by atoms with Crippen LogP contribution in [-0.4, -0.2) is 39.5 Å². The Morgan fingerprint density at radius 1 is 1.43 bits per heavy atom. The molecule has 1 aliphatic rings. The molecule has 3 heterocycles. The molecule has 148 valence electrons. The van der Waals surface area contributed by atoms with Crippen LogP contribution in [0.25, 0.3) is 10.2 Å². The lowest BCUT2D eigenvalue weighted by Gasteiger charge is -2.15. The number of carboxylic acid groups (broad SMARTS) is 1. The number of fused-ring (bicyclic) bond motifs is 1. The lowest BCUT2D eigenvalue weighted by molar-refractivity contribution is -0.122. The van der Waals surface area contributed by atoms with Gasteiger partial charge >= 0.3 is 0 Å². The zero-order valence-corrected chi connectivity index (χ0v) is 16.3. The minimum Gasteiger partial charge on any atom is -0.483 e. The summed E-state index contributed by atoms with van der Waals surface area (Å²) in [7, 11) is 0. The minimum atomic E-state index is -0.250. The second-order valence-electron chi connectivity index (χ2n) is 6.93. The van der Waals surface area contributed by atoms with Gasteiger partial charge in [-0.05, 0) is 60.9 Å². The first kappa shape index (κ1) is 20.2. The number of aromatic nitrogens is 2. The second-order valence-corrected chi connectivity index (χ2v) is 7.85. The molecular formula is C20H22FN3O3S. The summed E-state index contributed by atoms with van der Waals surface area (Å²) >= 11 is 1.42. The van der Waals surface area contributed by atoms with Gasteiger partial charge in [-0.3, -0.25) is 14.5 Å². The Kier molecular flexibility index (Phi) is 6.53. The maximum absolute atomic E-state index is 13.4. The fraction of sp³-hybridized carbons (Fsp3) is 0.350. The number of nitrogens with zero attached hydrogens (tertiary/aromatic N) is 2.